The van der Waals surface area contributed by atoms with Crippen LogP contribution < -0.4 is 21.5 Å². The SMILES string of the molecule is CCc1c(N2CCN(C(=O)c3ncnc(C)c3O)CC2)c(=O)n2nc(-c3ccc4nc(N)oc4c3)nc2n1CC(=O)Nc1ccc(C(F)(F)F)cc1Cl. The van der Waals surface area contributed by atoms with Crippen molar-refractivity contribution in [2.24, 2.45) is 0 Å². The summed E-state index contributed by atoms with van der Waals surface area (Å²) in [4.78, 5) is 61.0. The van der Waals surface area contributed by atoms with Crippen LogP contribution in [0.25, 0.3) is 28.3 Å². The molecule has 274 valence electrons. The molecular weight excluding hydrogens is 723 g/mol. The van der Waals surface area contributed by atoms with Crippen LogP contribution in [-0.2, 0) is 23.9 Å². The number of aromatic nitrogens is 7. The lowest BCUT2D eigenvalue weighted by atomic mass is 10.2. The zero-order chi connectivity index (χ0) is 37.8. The summed E-state index contributed by atoms with van der Waals surface area (Å²) in [6.45, 7) is 3.63. The molecule has 0 saturated carbocycles. The third-order valence-electron chi connectivity index (χ3n) is 8.79. The van der Waals surface area contributed by atoms with E-state index < -0.39 is 35.7 Å². The molecule has 2 amide bonds. The van der Waals surface area contributed by atoms with Gasteiger partial charge in [-0.3, -0.25) is 14.4 Å². The molecule has 4 aromatic heterocycles. The van der Waals surface area contributed by atoms with Gasteiger partial charge in [-0.1, -0.05) is 18.5 Å². The van der Waals surface area contributed by atoms with E-state index in [4.69, 9.17) is 21.8 Å². The van der Waals surface area contributed by atoms with E-state index in [0.29, 0.717) is 28.4 Å². The van der Waals surface area contributed by atoms with Crippen molar-refractivity contribution in [3.8, 4) is 17.1 Å². The van der Waals surface area contributed by atoms with Crippen molar-refractivity contribution in [2.45, 2.75) is 33.0 Å². The highest BCUT2D eigenvalue weighted by Gasteiger charge is 2.32. The van der Waals surface area contributed by atoms with Crippen molar-refractivity contribution in [1.82, 2.24) is 39.0 Å². The van der Waals surface area contributed by atoms with Gasteiger partial charge in [-0.05, 0) is 49.7 Å². The third kappa shape index (κ3) is 6.54. The normalized spacial score (nSPS) is 13.6. The van der Waals surface area contributed by atoms with E-state index in [1.165, 1.54) is 15.8 Å². The number of aromatic hydroxyl groups is 1. The molecule has 1 saturated heterocycles. The van der Waals surface area contributed by atoms with Gasteiger partial charge >= 0.3 is 6.18 Å². The Kier molecular flexibility index (Phi) is 8.88. The summed E-state index contributed by atoms with van der Waals surface area (Å²) in [6.07, 6.45) is -3.20. The van der Waals surface area contributed by atoms with Crippen molar-refractivity contribution in [1.29, 1.82) is 0 Å². The van der Waals surface area contributed by atoms with Gasteiger partial charge in [-0.15, -0.1) is 5.10 Å². The number of nitrogens with zero attached hydrogens (tertiary/aromatic N) is 9. The second kappa shape index (κ2) is 13.4. The van der Waals surface area contributed by atoms with Gasteiger partial charge in [0.05, 0.1) is 27.7 Å². The zero-order valence-corrected chi connectivity index (χ0v) is 28.7. The number of amides is 2. The quantitative estimate of drug-likeness (QED) is 0.213. The van der Waals surface area contributed by atoms with Crippen molar-refractivity contribution >= 4 is 57.7 Å². The Hall–Kier alpha value is -6.24. The van der Waals surface area contributed by atoms with Crippen LogP contribution in [0, 0.1) is 6.92 Å². The number of benzene rings is 2. The number of nitrogen functional groups attached to an aromatic ring is 1. The number of alkyl halides is 3. The second-order valence-corrected chi connectivity index (χ2v) is 12.5. The first kappa shape index (κ1) is 35.2. The summed E-state index contributed by atoms with van der Waals surface area (Å²) in [5.41, 5.74) is 6.20. The number of halogens is 4. The van der Waals surface area contributed by atoms with Crippen LogP contribution >= 0.6 is 11.6 Å². The van der Waals surface area contributed by atoms with E-state index in [9.17, 15) is 32.7 Å². The smallest absolute Gasteiger partial charge is 0.416 e. The predicted octanol–water partition coefficient (Wildman–Crippen LogP) is 3.92. The number of fused-ring (bicyclic) bond motifs is 2. The number of oxazole rings is 1. The van der Waals surface area contributed by atoms with E-state index in [1.54, 1.807) is 36.9 Å². The van der Waals surface area contributed by atoms with E-state index >= 15 is 0 Å². The molecule has 0 bridgehead atoms. The van der Waals surface area contributed by atoms with Crippen LogP contribution in [0.1, 0.15) is 34.4 Å². The molecule has 20 heteroatoms. The molecule has 2 aromatic carbocycles. The highest BCUT2D eigenvalue weighted by molar-refractivity contribution is 6.33. The van der Waals surface area contributed by atoms with Crippen molar-refractivity contribution in [2.75, 3.05) is 42.1 Å². The van der Waals surface area contributed by atoms with Crippen LogP contribution in [0.15, 0.2) is 51.9 Å². The van der Waals surface area contributed by atoms with Gasteiger partial charge in [-0.25, -0.2) is 9.97 Å². The molecule has 0 atom stereocenters. The summed E-state index contributed by atoms with van der Waals surface area (Å²) in [5, 5.41) is 17.1. The molecule has 53 heavy (non-hydrogen) atoms. The molecular formula is C33H29ClF3N11O5. The number of carbonyl (C=O) groups is 2. The Morgan fingerprint density at radius 2 is 1.83 bits per heavy atom. The molecule has 0 spiro atoms. The minimum absolute atomic E-state index is 0.0138. The van der Waals surface area contributed by atoms with Gasteiger partial charge in [0.2, 0.25) is 11.7 Å². The van der Waals surface area contributed by atoms with E-state index in [-0.39, 0.29) is 83.8 Å². The van der Waals surface area contributed by atoms with Gasteiger partial charge in [0.1, 0.15) is 24.1 Å². The number of carbonyl (C=O) groups excluding carboxylic acids is 2. The largest absolute Gasteiger partial charge is 0.504 e. The van der Waals surface area contributed by atoms with Gasteiger partial charge in [0.25, 0.3) is 17.5 Å². The number of piperazine rings is 1. The number of rotatable bonds is 7. The molecule has 1 aliphatic heterocycles. The number of aryl methyl sites for hydroxylation is 1. The Labute approximate surface area is 301 Å². The molecule has 5 heterocycles. The summed E-state index contributed by atoms with van der Waals surface area (Å²) in [7, 11) is 0. The molecule has 0 radical (unpaired) electrons. The van der Waals surface area contributed by atoms with Crippen LogP contribution in [0.3, 0.4) is 0 Å². The van der Waals surface area contributed by atoms with Gasteiger partial charge in [-0.2, -0.15) is 27.7 Å². The summed E-state index contributed by atoms with van der Waals surface area (Å²) < 4.78 is 47.7. The van der Waals surface area contributed by atoms with Crippen LogP contribution in [0.5, 0.6) is 5.75 Å². The standard InChI is InChI=1S/C33H29ClF3N11O5/c1-3-22-26(45-8-10-46(11-9-45)29(51)25-27(50)16(2)39-15-40-25)30(52)48-32(43-28(44-48)17-4-6-21-23(12-17)53-31(38)42-21)47(22)14-24(49)41-20-7-5-18(13-19(20)34)33(35,36)37/h4-7,12-13,15,50H,3,8-11,14H2,1-2H3,(H2,38,42)(H,41,49). The van der Waals surface area contributed by atoms with Crippen molar-refractivity contribution in [3.63, 3.8) is 0 Å². The topological polar surface area (TPSA) is 203 Å². The lowest BCUT2D eigenvalue weighted by Crippen LogP contribution is -2.51. The number of anilines is 3. The van der Waals surface area contributed by atoms with E-state index in [0.717, 1.165) is 16.6 Å². The molecule has 1 fully saturated rings. The highest BCUT2D eigenvalue weighted by Crippen LogP contribution is 2.34. The minimum atomic E-state index is -4.63. The van der Waals surface area contributed by atoms with Gasteiger partial charge < -0.3 is 34.9 Å². The Morgan fingerprint density at radius 3 is 2.53 bits per heavy atom. The molecule has 4 N–H and O–H groups in total. The monoisotopic (exact) mass is 751 g/mol. The maximum Gasteiger partial charge on any atom is 0.416 e. The third-order valence-corrected chi connectivity index (χ3v) is 9.10. The van der Waals surface area contributed by atoms with Crippen molar-refractivity contribution < 1.29 is 32.3 Å². The minimum Gasteiger partial charge on any atom is -0.504 e. The maximum absolute atomic E-state index is 14.3. The molecule has 6 aromatic rings. The number of hydrogen-bond donors (Lipinski definition) is 3. The fourth-order valence-electron chi connectivity index (χ4n) is 6.17. The number of nitrogens with one attached hydrogen (secondary N) is 1. The number of nitrogens with two attached hydrogens (primary N) is 1. The van der Waals surface area contributed by atoms with Crippen molar-refractivity contribution in [3.05, 3.63) is 80.7 Å². The molecule has 7 rings (SSSR count). The molecule has 1 aliphatic rings. The summed E-state index contributed by atoms with van der Waals surface area (Å²) in [5.74, 6) is -1.35. The zero-order valence-electron chi connectivity index (χ0n) is 28.0. The first-order valence-electron chi connectivity index (χ1n) is 16.1. The predicted molar refractivity (Wildman–Crippen MR) is 186 cm³/mol. The molecule has 0 unspecified atom stereocenters. The average molecular weight is 752 g/mol. The number of hydrogen-bond acceptors (Lipinski definition) is 12. The van der Waals surface area contributed by atoms with Crippen LogP contribution in [0.4, 0.5) is 30.6 Å². The first-order valence-corrected chi connectivity index (χ1v) is 16.5. The second-order valence-electron chi connectivity index (χ2n) is 12.1. The van der Waals surface area contributed by atoms with E-state index in [1.807, 2.05) is 0 Å². The van der Waals surface area contributed by atoms with Crippen LogP contribution in [-0.4, -0.2) is 82.1 Å². The highest BCUT2D eigenvalue weighted by atomic mass is 35.5. The lowest BCUT2D eigenvalue weighted by Gasteiger charge is -2.36. The van der Waals surface area contributed by atoms with Crippen LogP contribution in [0.2, 0.25) is 5.02 Å². The average Bonchev–Trinajstić information content (AvgIpc) is 3.74. The first-order chi connectivity index (χ1) is 25.2. The molecule has 16 nitrogen and oxygen atoms in total. The Morgan fingerprint density at radius 1 is 1.08 bits per heavy atom. The summed E-state index contributed by atoms with van der Waals surface area (Å²) in [6, 6.07) is 7.46. The lowest BCUT2D eigenvalue weighted by molar-refractivity contribution is -0.137. The summed E-state index contributed by atoms with van der Waals surface area (Å²) >= 11 is 6.12. The Bertz CT molecular complexity index is 2490. The fourth-order valence-corrected chi connectivity index (χ4v) is 6.39. The van der Waals surface area contributed by atoms with E-state index in [2.05, 4.69) is 30.4 Å². The van der Waals surface area contributed by atoms with Gasteiger partial charge in [0, 0.05) is 31.7 Å². The van der Waals surface area contributed by atoms with Gasteiger partial charge in [0.15, 0.2) is 22.9 Å². The Balaban J connectivity index is 1.27. The molecule has 0 aliphatic carbocycles. The maximum atomic E-state index is 14.3. The fraction of sp³-hybridized carbons (Fsp3) is 0.273.